The summed E-state index contributed by atoms with van der Waals surface area (Å²) in [5.41, 5.74) is 13.8. The van der Waals surface area contributed by atoms with Crippen LogP contribution in [0.4, 0.5) is 0 Å². The largest absolute Gasteiger partial charge is 0.294 e. The Bertz CT molecular complexity index is 2620. The van der Waals surface area contributed by atoms with Crippen LogP contribution in [0.2, 0.25) is 0 Å². The van der Waals surface area contributed by atoms with Gasteiger partial charge in [-0.2, -0.15) is 0 Å². The summed E-state index contributed by atoms with van der Waals surface area (Å²) in [6.45, 7) is 0. The molecule has 4 aliphatic rings. The van der Waals surface area contributed by atoms with Crippen LogP contribution in [0, 0.1) is 0 Å². The van der Waals surface area contributed by atoms with Crippen molar-refractivity contribution in [2.24, 2.45) is 4.99 Å². The topological polar surface area (TPSA) is 17.3 Å². The first-order valence-corrected chi connectivity index (χ1v) is 17.9. The van der Waals surface area contributed by atoms with Gasteiger partial charge in [0.05, 0.1) is 22.5 Å². The maximum atomic E-state index is 5.51. The summed E-state index contributed by atoms with van der Waals surface area (Å²) in [6, 6.07) is 51.9. The summed E-state index contributed by atoms with van der Waals surface area (Å²) < 4.78 is 2.44. The number of dihydropyridines is 1. The van der Waals surface area contributed by atoms with Crippen molar-refractivity contribution in [3.63, 3.8) is 0 Å². The number of rotatable bonds is 1. The van der Waals surface area contributed by atoms with Gasteiger partial charge >= 0.3 is 0 Å². The van der Waals surface area contributed by atoms with Crippen LogP contribution in [-0.2, 0) is 5.41 Å². The van der Waals surface area contributed by atoms with Crippen molar-refractivity contribution in [1.29, 1.82) is 0 Å². The predicted octanol–water partition coefficient (Wildman–Crippen LogP) is 11.2. The molecule has 2 nitrogen and oxygen atoms in total. The summed E-state index contributed by atoms with van der Waals surface area (Å²) in [7, 11) is 0. The van der Waals surface area contributed by atoms with Crippen LogP contribution in [0.15, 0.2) is 184 Å². The van der Waals surface area contributed by atoms with Crippen molar-refractivity contribution in [2.45, 2.75) is 27.7 Å². The first-order chi connectivity index (χ1) is 24.3. The van der Waals surface area contributed by atoms with Gasteiger partial charge in [-0.1, -0.05) is 145 Å². The van der Waals surface area contributed by atoms with Gasteiger partial charge in [-0.3, -0.25) is 9.56 Å². The molecular formula is C46H30N2S. The molecule has 1 spiro atoms. The molecule has 7 aromatic rings. The van der Waals surface area contributed by atoms with E-state index in [1.807, 2.05) is 11.8 Å². The lowest BCUT2D eigenvalue weighted by molar-refractivity contribution is 0.724. The van der Waals surface area contributed by atoms with Gasteiger partial charge in [0.15, 0.2) is 0 Å². The van der Waals surface area contributed by atoms with Gasteiger partial charge in [-0.05, 0) is 86.9 Å². The number of hydrogen-bond acceptors (Lipinski definition) is 2. The van der Waals surface area contributed by atoms with E-state index in [1.54, 1.807) is 0 Å². The van der Waals surface area contributed by atoms with Crippen molar-refractivity contribution in [3.05, 3.63) is 197 Å². The normalized spacial score (nSPS) is 17.9. The van der Waals surface area contributed by atoms with Crippen molar-refractivity contribution in [1.82, 2.24) is 4.57 Å². The van der Waals surface area contributed by atoms with E-state index < -0.39 is 5.41 Å². The van der Waals surface area contributed by atoms with Crippen LogP contribution in [0.3, 0.4) is 0 Å². The molecule has 1 unspecified atom stereocenters. The third-order valence-electron chi connectivity index (χ3n) is 11.0. The standard InChI is InChI=1S/C46H30N2S/c1-2-14-29(15-3-1)34-27-45(47-40-23-11-6-18-32(34)40)48-41-24-12-7-19-33(41)35-26-44-39(28-42(35)48)46(38-22-10-13-25-43(38)49-44)36-20-8-4-16-30(36)31-17-5-9-21-37(31)46/h1-22,24-28,40H,23H2. The minimum absolute atomic E-state index is 0.0800. The number of allylic oxidation sites excluding steroid dienone is 3. The smallest absolute Gasteiger partial charge is 0.133 e. The number of nitrogens with zero attached hydrogens (tertiary/aromatic N) is 2. The van der Waals surface area contributed by atoms with Gasteiger partial charge in [-0.15, -0.1) is 0 Å². The van der Waals surface area contributed by atoms with Crippen molar-refractivity contribution in [3.8, 4) is 11.1 Å². The Balaban J connectivity index is 1.25. The Morgan fingerprint density at radius 1 is 0.612 bits per heavy atom. The quantitative estimate of drug-likeness (QED) is 0.174. The molecule has 2 aliphatic carbocycles. The van der Waals surface area contributed by atoms with Crippen LogP contribution in [-0.4, -0.2) is 16.4 Å². The van der Waals surface area contributed by atoms with E-state index in [0.29, 0.717) is 0 Å². The number of fused-ring (bicyclic) bond motifs is 13. The van der Waals surface area contributed by atoms with Crippen LogP contribution in [0.25, 0.3) is 38.5 Å². The Morgan fingerprint density at radius 3 is 2.12 bits per heavy atom. The highest BCUT2D eigenvalue weighted by molar-refractivity contribution is 7.99. The lowest BCUT2D eigenvalue weighted by atomic mass is 9.67. The third-order valence-corrected chi connectivity index (χ3v) is 12.1. The maximum Gasteiger partial charge on any atom is 0.133 e. The fourth-order valence-corrected chi connectivity index (χ4v) is 10.2. The SMILES string of the molecule is C1=CCC2N=C(n3c4ccccc4c4cc5c(cc43)C3(c4ccccc4S5)c4ccccc4-c4ccccc43)C=C(c3ccccc3)C2=C1. The minimum atomic E-state index is -0.427. The van der Waals surface area contributed by atoms with Gasteiger partial charge in [0.25, 0.3) is 0 Å². The van der Waals surface area contributed by atoms with E-state index in [0.717, 1.165) is 12.3 Å². The summed E-state index contributed by atoms with van der Waals surface area (Å²) >= 11 is 1.91. The molecule has 11 rings (SSSR count). The molecule has 0 saturated carbocycles. The summed E-state index contributed by atoms with van der Waals surface area (Å²) in [6.07, 6.45) is 9.90. The van der Waals surface area contributed by atoms with Gasteiger partial charge in [0.2, 0.25) is 0 Å². The molecule has 1 atom stereocenters. The third kappa shape index (κ3) is 3.66. The lowest BCUT2D eigenvalue weighted by Crippen LogP contribution is -2.32. The molecule has 6 aromatic carbocycles. The van der Waals surface area contributed by atoms with Crippen LogP contribution >= 0.6 is 11.8 Å². The molecule has 49 heavy (non-hydrogen) atoms. The lowest BCUT2D eigenvalue weighted by Gasteiger charge is -2.39. The number of aromatic nitrogens is 1. The predicted molar refractivity (Wildman–Crippen MR) is 204 cm³/mol. The minimum Gasteiger partial charge on any atom is -0.294 e. The van der Waals surface area contributed by atoms with Crippen LogP contribution in [0.5, 0.6) is 0 Å². The molecule has 0 saturated heterocycles. The Hall–Kier alpha value is -5.64. The molecule has 0 amide bonds. The van der Waals surface area contributed by atoms with E-state index >= 15 is 0 Å². The molecule has 3 heteroatoms. The molecule has 0 radical (unpaired) electrons. The summed E-state index contributed by atoms with van der Waals surface area (Å²) in [5, 5.41) is 2.52. The molecule has 2 aliphatic heterocycles. The van der Waals surface area contributed by atoms with E-state index in [4.69, 9.17) is 4.99 Å². The van der Waals surface area contributed by atoms with E-state index in [9.17, 15) is 0 Å². The Morgan fingerprint density at radius 2 is 1.31 bits per heavy atom. The molecule has 0 N–H and O–H groups in total. The highest BCUT2D eigenvalue weighted by Crippen LogP contribution is 2.62. The van der Waals surface area contributed by atoms with Gasteiger partial charge in [-0.25, -0.2) is 0 Å². The fraction of sp³-hybridized carbons (Fsp3) is 0.0652. The second-order valence-corrected chi connectivity index (χ2v) is 14.5. The van der Waals surface area contributed by atoms with Gasteiger partial charge in [0.1, 0.15) is 5.84 Å². The van der Waals surface area contributed by atoms with E-state index in [1.165, 1.54) is 81.7 Å². The zero-order valence-corrected chi connectivity index (χ0v) is 27.5. The highest BCUT2D eigenvalue weighted by atomic mass is 32.2. The zero-order chi connectivity index (χ0) is 32.1. The molecule has 230 valence electrons. The van der Waals surface area contributed by atoms with Crippen molar-refractivity contribution >= 4 is 45.0 Å². The second kappa shape index (κ2) is 10.2. The first kappa shape index (κ1) is 27.3. The number of aliphatic imine (C=N–C) groups is 1. The molecule has 1 aromatic heterocycles. The summed E-state index contributed by atoms with van der Waals surface area (Å²) in [5.74, 6) is 0.993. The van der Waals surface area contributed by atoms with Gasteiger partial charge in [0, 0.05) is 20.6 Å². The first-order valence-electron chi connectivity index (χ1n) is 17.1. The average molecular weight is 643 g/mol. The number of benzene rings is 6. The Kier molecular flexibility index (Phi) is 5.68. The molecule has 0 bridgehead atoms. The Labute approximate surface area is 289 Å². The number of hydrogen-bond donors (Lipinski definition) is 0. The summed E-state index contributed by atoms with van der Waals surface area (Å²) in [4.78, 5) is 8.14. The number of para-hydroxylation sites is 1. The molecular weight excluding hydrogens is 613 g/mol. The van der Waals surface area contributed by atoms with Gasteiger partial charge < -0.3 is 0 Å². The van der Waals surface area contributed by atoms with E-state index in [2.05, 4.69) is 168 Å². The van der Waals surface area contributed by atoms with Crippen molar-refractivity contribution in [2.75, 3.05) is 0 Å². The van der Waals surface area contributed by atoms with Crippen LogP contribution in [0.1, 0.15) is 34.2 Å². The van der Waals surface area contributed by atoms with E-state index in [-0.39, 0.29) is 6.04 Å². The molecule has 3 heterocycles. The van der Waals surface area contributed by atoms with Crippen molar-refractivity contribution < 1.29 is 0 Å². The van der Waals surface area contributed by atoms with Crippen LogP contribution < -0.4 is 0 Å². The highest BCUT2D eigenvalue weighted by Gasteiger charge is 2.50. The average Bonchev–Trinajstić information content (AvgIpc) is 3.65. The molecule has 0 fully saturated rings. The second-order valence-electron chi connectivity index (χ2n) is 13.4. The fourth-order valence-electron chi connectivity index (χ4n) is 8.97. The zero-order valence-electron chi connectivity index (χ0n) is 26.7. The maximum absolute atomic E-state index is 5.51. The monoisotopic (exact) mass is 642 g/mol.